The molecule has 0 radical (unpaired) electrons. The molecule has 1 atom stereocenters. The number of nitrogens with one attached hydrogen (secondary N) is 1. The van der Waals surface area contributed by atoms with Gasteiger partial charge in [0.25, 0.3) is 0 Å². The van der Waals surface area contributed by atoms with Crippen molar-refractivity contribution >= 4 is 33.3 Å². The molecule has 1 aromatic rings. The summed E-state index contributed by atoms with van der Waals surface area (Å²) in [6.07, 6.45) is 5.35. The van der Waals surface area contributed by atoms with Crippen LogP contribution < -0.4 is 5.32 Å². The van der Waals surface area contributed by atoms with Gasteiger partial charge in [-0.15, -0.1) is 11.6 Å². The molecule has 0 saturated heterocycles. The molecule has 1 rings (SSSR count). The lowest BCUT2D eigenvalue weighted by atomic mass is 10.0. The molecule has 0 amide bonds. The van der Waals surface area contributed by atoms with E-state index < -0.39 is 0 Å². The van der Waals surface area contributed by atoms with Crippen molar-refractivity contribution in [1.29, 1.82) is 0 Å². The maximum Gasteiger partial charge on any atom is 0.140 e. The fraction of sp³-hybridized carbons (Fsp3) is 0.615. The van der Waals surface area contributed by atoms with E-state index in [1.807, 2.05) is 13.1 Å². The molecule has 1 N–H and O–H groups in total. The highest BCUT2D eigenvalue weighted by molar-refractivity contribution is 9.10. The van der Waals surface area contributed by atoms with Gasteiger partial charge in [-0.3, -0.25) is 0 Å². The van der Waals surface area contributed by atoms with Crippen LogP contribution in [0.15, 0.2) is 16.7 Å². The van der Waals surface area contributed by atoms with Crippen molar-refractivity contribution in [1.82, 2.24) is 4.98 Å². The highest BCUT2D eigenvalue weighted by Crippen LogP contribution is 2.21. The number of anilines is 1. The number of rotatable bonds is 7. The van der Waals surface area contributed by atoms with Gasteiger partial charge in [0.05, 0.1) is 4.47 Å². The zero-order chi connectivity index (χ0) is 12.7. The first-order valence-electron chi connectivity index (χ1n) is 6.09. The van der Waals surface area contributed by atoms with Crippen LogP contribution in [0.2, 0.25) is 0 Å². The normalized spacial score (nSPS) is 12.5. The Hall–Kier alpha value is -0.280. The van der Waals surface area contributed by atoms with Gasteiger partial charge < -0.3 is 5.32 Å². The van der Waals surface area contributed by atoms with Gasteiger partial charge >= 0.3 is 0 Å². The molecule has 0 aliphatic heterocycles. The van der Waals surface area contributed by atoms with Gasteiger partial charge in [-0.2, -0.15) is 0 Å². The Bertz CT molecular complexity index is 338. The molecule has 96 valence electrons. The van der Waals surface area contributed by atoms with Crippen LogP contribution in [0.1, 0.15) is 31.7 Å². The first-order valence-corrected chi connectivity index (χ1v) is 7.42. The zero-order valence-electron chi connectivity index (χ0n) is 10.5. The van der Waals surface area contributed by atoms with Crippen molar-refractivity contribution in [3.63, 3.8) is 0 Å². The van der Waals surface area contributed by atoms with E-state index in [0.29, 0.717) is 5.92 Å². The van der Waals surface area contributed by atoms with Crippen molar-refractivity contribution in [3.8, 4) is 0 Å². The summed E-state index contributed by atoms with van der Waals surface area (Å²) in [6.45, 7) is 5.19. The third kappa shape index (κ3) is 5.26. The van der Waals surface area contributed by atoms with Crippen molar-refractivity contribution < 1.29 is 0 Å². The van der Waals surface area contributed by atoms with Gasteiger partial charge in [0.15, 0.2) is 0 Å². The molecule has 0 bridgehead atoms. The molecular weight excluding hydrogens is 300 g/mol. The van der Waals surface area contributed by atoms with Crippen LogP contribution in [0.25, 0.3) is 0 Å². The van der Waals surface area contributed by atoms with Crippen molar-refractivity contribution in [2.45, 2.75) is 33.1 Å². The van der Waals surface area contributed by atoms with E-state index in [0.717, 1.165) is 34.7 Å². The van der Waals surface area contributed by atoms with E-state index in [1.165, 1.54) is 12.8 Å². The first kappa shape index (κ1) is 14.8. The Morgan fingerprint density at radius 2 is 2.24 bits per heavy atom. The second-order valence-electron chi connectivity index (χ2n) is 4.36. The Labute approximate surface area is 117 Å². The number of pyridine rings is 1. The van der Waals surface area contributed by atoms with E-state index >= 15 is 0 Å². The van der Waals surface area contributed by atoms with Crippen LogP contribution in [-0.2, 0) is 0 Å². The monoisotopic (exact) mass is 318 g/mol. The van der Waals surface area contributed by atoms with E-state index in [-0.39, 0.29) is 0 Å². The fourth-order valence-corrected chi connectivity index (χ4v) is 2.73. The van der Waals surface area contributed by atoms with Gasteiger partial charge in [0.1, 0.15) is 5.82 Å². The predicted octanol–water partition coefficient (Wildman–Crippen LogP) is 4.61. The Morgan fingerprint density at radius 3 is 2.82 bits per heavy atom. The zero-order valence-corrected chi connectivity index (χ0v) is 12.8. The van der Waals surface area contributed by atoms with Crippen LogP contribution in [0.5, 0.6) is 0 Å². The highest BCUT2D eigenvalue weighted by atomic mass is 79.9. The molecule has 1 aromatic heterocycles. The maximum absolute atomic E-state index is 5.81. The molecule has 4 heteroatoms. The summed E-state index contributed by atoms with van der Waals surface area (Å²) in [4.78, 5) is 4.38. The summed E-state index contributed by atoms with van der Waals surface area (Å²) < 4.78 is 1.03. The minimum Gasteiger partial charge on any atom is -0.369 e. The lowest BCUT2D eigenvalue weighted by Crippen LogP contribution is -2.15. The number of hydrogen-bond acceptors (Lipinski definition) is 2. The Morgan fingerprint density at radius 1 is 1.47 bits per heavy atom. The smallest absolute Gasteiger partial charge is 0.140 e. The minimum atomic E-state index is 0.632. The number of halogens is 2. The van der Waals surface area contributed by atoms with Gasteiger partial charge in [-0.05, 0) is 53.2 Å². The number of hydrogen-bond donors (Lipinski definition) is 1. The summed E-state index contributed by atoms with van der Waals surface area (Å²) in [7, 11) is 0. The van der Waals surface area contributed by atoms with Crippen LogP contribution in [-0.4, -0.2) is 17.4 Å². The topological polar surface area (TPSA) is 24.9 Å². The molecule has 0 saturated carbocycles. The average molecular weight is 320 g/mol. The second-order valence-corrected chi connectivity index (χ2v) is 5.59. The van der Waals surface area contributed by atoms with E-state index in [2.05, 4.69) is 39.2 Å². The minimum absolute atomic E-state index is 0.632. The molecule has 0 fully saturated rings. The number of alkyl halides is 1. The second kappa shape index (κ2) is 7.93. The standard InChI is InChI=1S/C13H20BrClN2/c1-3-4-11(5-6-15)9-17-13-12(14)7-10(2)8-16-13/h7-8,11H,3-6,9H2,1-2H3,(H,16,17). The number of aryl methyl sites for hydroxylation is 1. The molecule has 0 aromatic carbocycles. The quantitative estimate of drug-likeness (QED) is 0.742. The summed E-state index contributed by atoms with van der Waals surface area (Å²) in [5, 5.41) is 3.39. The fourth-order valence-electron chi connectivity index (χ4n) is 1.82. The Balaban J connectivity index is 2.52. The van der Waals surface area contributed by atoms with Crippen molar-refractivity contribution in [2.75, 3.05) is 17.7 Å². The third-order valence-electron chi connectivity index (χ3n) is 2.75. The van der Waals surface area contributed by atoms with Gasteiger partial charge in [0.2, 0.25) is 0 Å². The third-order valence-corrected chi connectivity index (χ3v) is 3.57. The highest BCUT2D eigenvalue weighted by Gasteiger charge is 2.08. The predicted molar refractivity (Wildman–Crippen MR) is 78.9 cm³/mol. The summed E-state index contributed by atoms with van der Waals surface area (Å²) in [6, 6.07) is 2.08. The van der Waals surface area contributed by atoms with Crippen LogP contribution in [0, 0.1) is 12.8 Å². The molecular formula is C13H20BrClN2. The van der Waals surface area contributed by atoms with Crippen LogP contribution >= 0.6 is 27.5 Å². The number of nitrogens with zero attached hydrogens (tertiary/aromatic N) is 1. The lowest BCUT2D eigenvalue weighted by molar-refractivity contribution is 0.489. The summed E-state index contributed by atoms with van der Waals surface area (Å²) >= 11 is 9.34. The van der Waals surface area contributed by atoms with Gasteiger partial charge in [0, 0.05) is 18.6 Å². The van der Waals surface area contributed by atoms with Crippen molar-refractivity contribution in [3.05, 3.63) is 22.3 Å². The molecule has 2 nitrogen and oxygen atoms in total. The van der Waals surface area contributed by atoms with Crippen LogP contribution in [0.4, 0.5) is 5.82 Å². The maximum atomic E-state index is 5.81. The molecule has 0 spiro atoms. The molecule has 1 unspecified atom stereocenters. The van der Waals surface area contributed by atoms with E-state index in [9.17, 15) is 0 Å². The Kier molecular flexibility index (Phi) is 6.90. The van der Waals surface area contributed by atoms with E-state index in [1.54, 1.807) is 0 Å². The SMILES string of the molecule is CCCC(CCCl)CNc1ncc(C)cc1Br. The van der Waals surface area contributed by atoms with Crippen LogP contribution in [0.3, 0.4) is 0 Å². The summed E-state index contributed by atoms with van der Waals surface area (Å²) in [5.74, 6) is 2.29. The van der Waals surface area contributed by atoms with Gasteiger partial charge in [-0.25, -0.2) is 4.98 Å². The van der Waals surface area contributed by atoms with Gasteiger partial charge in [-0.1, -0.05) is 13.3 Å². The summed E-state index contributed by atoms with van der Waals surface area (Å²) in [5.41, 5.74) is 1.16. The average Bonchev–Trinajstić information content (AvgIpc) is 2.28. The molecule has 17 heavy (non-hydrogen) atoms. The molecule has 1 heterocycles. The lowest BCUT2D eigenvalue weighted by Gasteiger charge is -2.16. The van der Waals surface area contributed by atoms with Crippen molar-refractivity contribution in [2.24, 2.45) is 5.92 Å². The molecule has 0 aliphatic rings. The largest absolute Gasteiger partial charge is 0.369 e. The number of aromatic nitrogens is 1. The first-order chi connectivity index (χ1) is 8.17. The molecule has 0 aliphatic carbocycles. The van der Waals surface area contributed by atoms with E-state index in [4.69, 9.17) is 11.6 Å².